The van der Waals surface area contributed by atoms with E-state index in [0.29, 0.717) is 13.2 Å². The van der Waals surface area contributed by atoms with E-state index in [9.17, 15) is 4.79 Å². The molecule has 0 atom stereocenters. The van der Waals surface area contributed by atoms with Crippen LogP contribution < -0.4 is 0 Å². The lowest BCUT2D eigenvalue weighted by Gasteiger charge is -2.07. The van der Waals surface area contributed by atoms with Gasteiger partial charge in [-0.2, -0.15) is 0 Å². The topological polar surface area (TPSA) is 29.5 Å². The van der Waals surface area contributed by atoms with E-state index in [4.69, 9.17) is 4.74 Å². The van der Waals surface area contributed by atoms with Crippen LogP contribution in [0.5, 0.6) is 0 Å². The van der Waals surface area contributed by atoms with Crippen LogP contribution in [0.3, 0.4) is 0 Å². The molecule has 0 N–H and O–H groups in total. The average molecular weight is 117 g/mol. The summed E-state index contributed by atoms with van der Waals surface area (Å²) in [5, 5.41) is 0. The first kappa shape index (κ1) is 7.43. The highest BCUT2D eigenvalue weighted by Gasteiger charge is 1.88. The standard InChI is InChI=1S/C5H11NO2/c1-6(5-7)3-4-8-2/h5H,3-4H2,1-2H3. The maximum absolute atomic E-state index is 9.88. The fourth-order valence-corrected chi connectivity index (χ4v) is 0.288. The van der Waals surface area contributed by atoms with E-state index in [1.54, 1.807) is 14.2 Å². The molecular weight excluding hydrogens is 106 g/mol. The quantitative estimate of drug-likeness (QED) is 0.474. The molecule has 0 aromatic heterocycles. The van der Waals surface area contributed by atoms with E-state index in [1.807, 2.05) is 0 Å². The van der Waals surface area contributed by atoms with Gasteiger partial charge in [0.15, 0.2) is 0 Å². The van der Waals surface area contributed by atoms with Gasteiger partial charge in [0.1, 0.15) is 0 Å². The molecule has 48 valence electrons. The molecule has 0 unspecified atom stereocenters. The molecule has 0 fully saturated rings. The highest BCUT2D eigenvalue weighted by molar-refractivity contribution is 5.46. The molecule has 0 saturated carbocycles. The molecule has 1 amide bonds. The first-order valence-corrected chi connectivity index (χ1v) is 2.45. The monoisotopic (exact) mass is 117 g/mol. The van der Waals surface area contributed by atoms with E-state index in [0.717, 1.165) is 6.41 Å². The summed E-state index contributed by atoms with van der Waals surface area (Å²) in [5.74, 6) is 0. The number of carbonyl (C=O) groups excluding carboxylic acids is 1. The maximum atomic E-state index is 9.88. The summed E-state index contributed by atoms with van der Waals surface area (Å²) in [6, 6.07) is 0. The molecule has 0 aliphatic carbocycles. The zero-order valence-corrected chi connectivity index (χ0v) is 5.26. The fraction of sp³-hybridized carbons (Fsp3) is 0.800. The Morgan fingerprint density at radius 2 is 2.38 bits per heavy atom. The Kier molecular flexibility index (Phi) is 4.26. The second kappa shape index (κ2) is 4.59. The minimum absolute atomic E-state index is 0.606. The lowest BCUT2D eigenvalue weighted by atomic mass is 10.6. The summed E-state index contributed by atoms with van der Waals surface area (Å²) in [5.41, 5.74) is 0. The van der Waals surface area contributed by atoms with Crippen molar-refractivity contribution in [2.24, 2.45) is 0 Å². The number of likely N-dealkylation sites (N-methyl/N-ethyl adjacent to an activating group) is 1. The molecule has 0 aromatic rings. The van der Waals surface area contributed by atoms with Crippen molar-refractivity contribution in [1.29, 1.82) is 0 Å². The van der Waals surface area contributed by atoms with E-state index in [-0.39, 0.29) is 0 Å². The fourth-order valence-electron chi connectivity index (χ4n) is 0.288. The van der Waals surface area contributed by atoms with Gasteiger partial charge in [-0.1, -0.05) is 0 Å². The Morgan fingerprint density at radius 3 is 2.75 bits per heavy atom. The van der Waals surface area contributed by atoms with Crippen LogP contribution in [-0.2, 0) is 9.53 Å². The summed E-state index contributed by atoms with van der Waals surface area (Å²) in [6.45, 7) is 1.27. The molecular formula is C5H11NO2. The van der Waals surface area contributed by atoms with Crippen molar-refractivity contribution in [3.63, 3.8) is 0 Å². The molecule has 0 spiro atoms. The van der Waals surface area contributed by atoms with Gasteiger partial charge >= 0.3 is 0 Å². The van der Waals surface area contributed by atoms with Crippen molar-refractivity contribution >= 4 is 6.41 Å². The predicted octanol–water partition coefficient (Wildman–Crippen LogP) is -0.279. The third-order valence-electron chi connectivity index (χ3n) is 0.828. The minimum atomic E-state index is 0.606. The summed E-state index contributed by atoms with van der Waals surface area (Å²) in [6.07, 6.45) is 0.777. The lowest BCUT2D eigenvalue weighted by Crippen LogP contribution is -2.20. The van der Waals surface area contributed by atoms with Crippen molar-refractivity contribution in [3.8, 4) is 0 Å². The largest absolute Gasteiger partial charge is 0.383 e. The van der Waals surface area contributed by atoms with Gasteiger partial charge in [0.2, 0.25) is 6.41 Å². The smallest absolute Gasteiger partial charge is 0.209 e. The normalized spacial score (nSPS) is 8.75. The molecule has 0 rings (SSSR count). The lowest BCUT2D eigenvalue weighted by molar-refractivity contribution is -0.117. The van der Waals surface area contributed by atoms with Gasteiger partial charge in [-0.3, -0.25) is 4.79 Å². The number of hydrogen-bond donors (Lipinski definition) is 0. The van der Waals surface area contributed by atoms with E-state index < -0.39 is 0 Å². The Morgan fingerprint density at radius 1 is 1.75 bits per heavy atom. The van der Waals surface area contributed by atoms with Gasteiger partial charge in [0.25, 0.3) is 0 Å². The zero-order chi connectivity index (χ0) is 6.41. The van der Waals surface area contributed by atoms with Crippen LogP contribution in [0, 0.1) is 0 Å². The maximum Gasteiger partial charge on any atom is 0.209 e. The van der Waals surface area contributed by atoms with Gasteiger partial charge in [-0.05, 0) is 0 Å². The summed E-state index contributed by atoms with van der Waals surface area (Å²) >= 11 is 0. The van der Waals surface area contributed by atoms with Crippen molar-refractivity contribution in [1.82, 2.24) is 4.90 Å². The van der Waals surface area contributed by atoms with Crippen LogP contribution >= 0.6 is 0 Å². The molecule has 0 radical (unpaired) electrons. The molecule has 0 saturated heterocycles. The highest BCUT2D eigenvalue weighted by atomic mass is 16.5. The third-order valence-corrected chi connectivity index (χ3v) is 0.828. The van der Waals surface area contributed by atoms with Gasteiger partial charge in [-0.25, -0.2) is 0 Å². The minimum Gasteiger partial charge on any atom is -0.383 e. The van der Waals surface area contributed by atoms with E-state index >= 15 is 0 Å². The molecule has 0 heterocycles. The SMILES string of the molecule is COCCN(C)C=O. The first-order valence-electron chi connectivity index (χ1n) is 2.45. The van der Waals surface area contributed by atoms with Crippen LogP contribution in [0.2, 0.25) is 0 Å². The van der Waals surface area contributed by atoms with Crippen molar-refractivity contribution < 1.29 is 9.53 Å². The summed E-state index contributed by atoms with van der Waals surface area (Å²) in [4.78, 5) is 11.4. The molecule has 0 aromatic carbocycles. The van der Waals surface area contributed by atoms with E-state index in [1.165, 1.54) is 4.90 Å². The molecule has 0 aliphatic rings. The van der Waals surface area contributed by atoms with Crippen molar-refractivity contribution in [2.45, 2.75) is 0 Å². The Balaban J connectivity index is 2.98. The number of methoxy groups -OCH3 is 1. The number of nitrogens with zero attached hydrogens (tertiary/aromatic N) is 1. The Bertz CT molecular complexity index is 65.4. The van der Waals surface area contributed by atoms with Gasteiger partial charge in [-0.15, -0.1) is 0 Å². The molecule has 8 heavy (non-hydrogen) atoms. The summed E-state index contributed by atoms with van der Waals surface area (Å²) in [7, 11) is 3.32. The Labute approximate surface area is 49.2 Å². The average Bonchev–Trinajstić information content (AvgIpc) is 1.83. The van der Waals surface area contributed by atoms with Crippen LogP contribution in [0.1, 0.15) is 0 Å². The molecule has 3 heteroatoms. The highest BCUT2D eigenvalue weighted by Crippen LogP contribution is 1.73. The van der Waals surface area contributed by atoms with Crippen LogP contribution in [-0.4, -0.2) is 38.6 Å². The van der Waals surface area contributed by atoms with Crippen LogP contribution in [0.4, 0.5) is 0 Å². The second-order valence-electron chi connectivity index (χ2n) is 1.58. The van der Waals surface area contributed by atoms with Crippen molar-refractivity contribution in [3.05, 3.63) is 0 Å². The van der Waals surface area contributed by atoms with Crippen LogP contribution in [0.25, 0.3) is 0 Å². The molecule has 0 aliphatic heterocycles. The van der Waals surface area contributed by atoms with Crippen LogP contribution in [0.15, 0.2) is 0 Å². The number of amides is 1. The number of ether oxygens (including phenoxy) is 1. The molecule has 3 nitrogen and oxygen atoms in total. The first-order chi connectivity index (χ1) is 3.81. The third kappa shape index (κ3) is 3.61. The second-order valence-corrected chi connectivity index (χ2v) is 1.58. The Hall–Kier alpha value is -0.570. The zero-order valence-electron chi connectivity index (χ0n) is 5.26. The van der Waals surface area contributed by atoms with Crippen molar-refractivity contribution in [2.75, 3.05) is 27.3 Å². The van der Waals surface area contributed by atoms with Gasteiger partial charge in [0.05, 0.1) is 6.61 Å². The predicted molar refractivity (Wildman–Crippen MR) is 30.6 cm³/mol. The summed E-state index contributed by atoms with van der Waals surface area (Å²) < 4.78 is 4.71. The van der Waals surface area contributed by atoms with Gasteiger partial charge in [0, 0.05) is 20.7 Å². The van der Waals surface area contributed by atoms with E-state index in [2.05, 4.69) is 0 Å². The molecule has 0 bridgehead atoms. The number of rotatable bonds is 4. The van der Waals surface area contributed by atoms with Gasteiger partial charge < -0.3 is 9.64 Å². The number of hydrogen-bond acceptors (Lipinski definition) is 2. The number of carbonyl (C=O) groups is 1.